The Kier molecular flexibility index (Phi) is 5.56. The highest BCUT2D eigenvalue weighted by atomic mass is 35.5. The van der Waals surface area contributed by atoms with E-state index in [0.29, 0.717) is 16.5 Å². The van der Waals surface area contributed by atoms with Gasteiger partial charge in [0.25, 0.3) is 0 Å². The molecule has 0 aliphatic carbocycles. The van der Waals surface area contributed by atoms with E-state index in [4.69, 9.17) is 16.3 Å². The Morgan fingerprint density at radius 1 is 1.12 bits per heavy atom. The summed E-state index contributed by atoms with van der Waals surface area (Å²) in [5.74, 6) is 0.608. The van der Waals surface area contributed by atoms with Crippen LogP contribution in [0.2, 0.25) is 5.02 Å². The van der Waals surface area contributed by atoms with Gasteiger partial charge in [0, 0.05) is 24.2 Å². The highest BCUT2D eigenvalue weighted by Gasteiger charge is 2.10. The topological polar surface area (TPSA) is 36.9 Å². The summed E-state index contributed by atoms with van der Waals surface area (Å²) >= 11 is 5.87. The normalized spacial score (nSPS) is 15.0. The van der Waals surface area contributed by atoms with Gasteiger partial charge in [-0.25, -0.2) is 14.4 Å². The third-order valence-electron chi connectivity index (χ3n) is 4.11. The molecule has 1 aliphatic rings. The number of halogens is 2. The Balaban J connectivity index is 1.73. The van der Waals surface area contributed by atoms with Gasteiger partial charge >= 0.3 is 0 Å². The van der Waals surface area contributed by atoms with Crippen molar-refractivity contribution in [2.75, 3.05) is 13.1 Å². The third kappa shape index (κ3) is 4.71. The molecule has 1 fully saturated rings. The predicted molar refractivity (Wildman–Crippen MR) is 99.5 cm³/mol. The maximum atomic E-state index is 13.4. The minimum Gasteiger partial charge on any atom is -0.457 e. The summed E-state index contributed by atoms with van der Waals surface area (Å²) in [6, 6.07) is 8.00. The predicted octanol–water partition coefficient (Wildman–Crippen LogP) is 5.15. The lowest BCUT2D eigenvalue weighted by Crippen LogP contribution is -2.33. The fraction of sp³-hybridized carbons (Fsp3) is 0.316. The first kappa shape index (κ1) is 17.7. The van der Waals surface area contributed by atoms with Crippen molar-refractivity contribution in [2.45, 2.75) is 26.7 Å². The molecule has 0 bridgehead atoms. The minimum atomic E-state index is -0.425. The van der Waals surface area contributed by atoms with Crippen LogP contribution in [0.1, 0.15) is 24.0 Å². The van der Waals surface area contributed by atoms with E-state index in [1.54, 1.807) is 12.4 Å². The maximum Gasteiger partial charge on any atom is 0.131 e. The Hall–Kier alpha value is -2.11. The maximum absolute atomic E-state index is 13.4. The summed E-state index contributed by atoms with van der Waals surface area (Å²) in [6.07, 6.45) is 4.16. The highest BCUT2D eigenvalue weighted by Crippen LogP contribution is 2.32. The minimum absolute atomic E-state index is 0.304. The average Bonchev–Trinajstić information content (AvgIpc) is 3.04. The van der Waals surface area contributed by atoms with Gasteiger partial charge in [-0.05, 0) is 62.1 Å². The molecule has 0 spiro atoms. The van der Waals surface area contributed by atoms with Crippen LogP contribution in [0.15, 0.2) is 35.3 Å². The first-order valence-corrected chi connectivity index (χ1v) is 8.68. The molecule has 1 N–H and O–H groups in total. The van der Waals surface area contributed by atoms with Crippen LogP contribution in [0.5, 0.6) is 11.5 Å². The van der Waals surface area contributed by atoms with Gasteiger partial charge < -0.3 is 10.2 Å². The number of hydrogen-bond donors (Lipinski definition) is 1. The molecule has 0 unspecified atom stereocenters. The van der Waals surface area contributed by atoms with E-state index in [1.165, 1.54) is 25.0 Å². The van der Waals surface area contributed by atoms with Gasteiger partial charge in [-0.1, -0.05) is 11.6 Å². The monoisotopic (exact) mass is 361 g/mol. The number of aryl methyl sites for hydroxylation is 2. The van der Waals surface area contributed by atoms with E-state index in [9.17, 15) is 4.39 Å². The molecule has 3 rings (SSSR count). The van der Waals surface area contributed by atoms with Crippen molar-refractivity contribution >= 4 is 23.6 Å². The van der Waals surface area contributed by atoms with E-state index in [2.05, 4.69) is 15.4 Å². The molecule has 0 aromatic heterocycles. The lowest BCUT2D eigenvalue weighted by Gasteiger charge is -2.14. The molecule has 0 saturated carbocycles. The van der Waals surface area contributed by atoms with Crippen molar-refractivity contribution in [3.05, 3.63) is 52.3 Å². The summed E-state index contributed by atoms with van der Waals surface area (Å²) in [7, 11) is 0. The van der Waals surface area contributed by atoms with Crippen LogP contribution in [0, 0.1) is 19.7 Å². The summed E-state index contributed by atoms with van der Waals surface area (Å²) in [6.45, 7) is 6.00. The Labute approximate surface area is 152 Å². The smallest absolute Gasteiger partial charge is 0.131 e. The molecule has 0 atom stereocenters. The highest BCUT2D eigenvalue weighted by molar-refractivity contribution is 6.30. The van der Waals surface area contributed by atoms with E-state index in [0.717, 1.165) is 29.9 Å². The van der Waals surface area contributed by atoms with Crippen molar-refractivity contribution in [1.82, 2.24) is 10.4 Å². The van der Waals surface area contributed by atoms with E-state index < -0.39 is 5.82 Å². The van der Waals surface area contributed by atoms with Crippen LogP contribution < -0.4 is 10.2 Å². The SMILES string of the molecule is Cc1cc(Oc2cc(F)cc(Cl)c2)c(C)cc1/N=C/NN1CCCC1. The Bertz CT molecular complexity index is 768. The number of aliphatic imine (C=N–C) groups is 1. The number of rotatable bonds is 5. The van der Waals surface area contributed by atoms with Crippen LogP contribution in [0.3, 0.4) is 0 Å². The second-order valence-electron chi connectivity index (χ2n) is 6.19. The molecule has 2 aromatic carbocycles. The largest absolute Gasteiger partial charge is 0.457 e. The van der Waals surface area contributed by atoms with Crippen LogP contribution in [-0.4, -0.2) is 24.4 Å². The second kappa shape index (κ2) is 7.85. The summed E-state index contributed by atoms with van der Waals surface area (Å²) in [5, 5.41) is 2.45. The Morgan fingerprint density at radius 2 is 1.88 bits per heavy atom. The van der Waals surface area contributed by atoms with E-state index in [-0.39, 0.29) is 0 Å². The summed E-state index contributed by atoms with van der Waals surface area (Å²) < 4.78 is 19.2. The fourth-order valence-electron chi connectivity index (χ4n) is 2.76. The molecule has 4 nitrogen and oxygen atoms in total. The number of hydrazine groups is 1. The first-order chi connectivity index (χ1) is 12.0. The number of nitrogens with one attached hydrogen (secondary N) is 1. The van der Waals surface area contributed by atoms with Crippen LogP contribution in [0.25, 0.3) is 0 Å². The summed E-state index contributed by atoms with van der Waals surface area (Å²) in [5.41, 5.74) is 5.96. The zero-order valence-corrected chi connectivity index (χ0v) is 15.1. The van der Waals surface area contributed by atoms with Gasteiger partial charge in [-0.2, -0.15) is 0 Å². The van der Waals surface area contributed by atoms with Crippen molar-refractivity contribution in [2.24, 2.45) is 4.99 Å². The molecule has 2 aromatic rings. The van der Waals surface area contributed by atoms with Crippen molar-refractivity contribution < 1.29 is 9.13 Å². The fourth-order valence-corrected chi connectivity index (χ4v) is 2.98. The van der Waals surface area contributed by atoms with Gasteiger partial charge in [0.1, 0.15) is 23.7 Å². The molecule has 0 amide bonds. The Morgan fingerprint density at radius 3 is 2.60 bits per heavy atom. The van der Waals surface area contributed by atoms with Crippen LogP contribution in [0.4, 0.5) is 10.1 Å². The van der Waals surface area contributed by atoms with Crippen molar-refractivity contribution in [3.8, 4) is 11.5 Å². The van der Waals surface area contributed by atoms with Gasteiger partial charge in [0.05, 0.1) is 5.69 Å². The zero-order valence-electron chi connectivity index (χ0n) is 14.4. The lowest BCUT2D eigenvalue weighted by molar-refractivity contribution is 0.300. The van der Waals surface area contributed by atoms with Crippen molar-refractivity contribution in [1.29, 1.82) is 0 Å². The van der Waals surface area contributed by atoms with Gasteiger partial charge in [-0.3, -0.25) is 0 Å². The summed E-state index contributed by atoms with van der Waals surface area (Å²) in [4.78, 5) is 4.49. The number of nitrogens with zero attached hydrogens (tertiary/aromatic N) is 2. The van der Waals surface area contributed by atoms with Crippen molar-refractivity contribution in [3.63, 3.8) is 0 Å². The molecule has 132 valence electrons. The van der Waals surface area contributed by atoms with E-state index >= 15 is 0 Å². The van der Waals surface area contributed by atoms with E-state index in [1.807, 2.05) is 26.0 Å². The van der Waals surface area contributed by atoms with Gasteiger partial charge in [0.15, 0.2) is 0 Å². The molecule has 1 saturated heterocycles. The first-order valence-electron chi connectivity index (χ1n) is 8.30. The standard InChI is InChI=1S/C19H21ClFN3O/c1-13-8-19(25-17-10-15(20)9-16(21)11-17)14(2)7-18(13)22-12-23-24-5-3-4-6-24/h7-12H,3-6H2,1-2H3,(H,22,23). The quantitative estimate of drug-likeness (QED) is 0.591. The molecule has 6 heteroatoms. The average molecular weight is 362 g/mol. The number of benzene rings is 2. The van der Waals surface area contributed by atoms with Crippen LogP contribution >= 0.6 is 11.6 Å². The molecule has 1 aliphatic heterocycles. The molecular formula is C19H21ClFN3O. The molecule has 25 heavy (non-hydrogen) atoms. The van der Waals surface area contributed by atoms with Gasteiger partial charge in [0.2, 0.25) is 0 Å². The molecule has 1 heterocycles. The molecular weight excluding hydrogens is 341 g/mol. The number of hydrogen-bond acceptors (Lipinski definition) is 3. The second-order valence-corrected chi connectivity index (χ2v) is 6.63. The molecule has 0 radical (unpaired) electrons. The number of ether oxygens (including phenoxy) is 1. The van der Waals surface area contributed by atoms with Gasteiger partial charge in [-0.15, -0.1) is 0 Å². The lowest BCUT2D eigenvalue weighted by atomic mass is 10.1. The van der Waals surface area contributed by atoms with Crippen LogP contribution in [-0.2, 0) is 0 Å². The third-order valence-corrected chi connectivity index (χ3v) is 4.33. The zero-order chi connectivity index (χ0) is 17.8.